The smallest absolute Gasteiger partial charge is 0.0595 e. The topological polar surface area (TPSA) is 12.0 Å². The minimum Gasteiger partial charge on any atom is -0.315 e. The molecule has 0 radical (unpaired) electrons. The third kappa shape index (κ3) is 3.16. The summed E-state index contributed by atoms with van der Waals surface area (Å²) in [7, 11) is 2.05. The zero-order chi connectivity index (χ0) is 13.2. The van der Waals surface area contributed by atoms with Crippen LogP contribution in [0.1, 0.15) is 25.3 Å². The number of hydrogen-bond acceptors (Lipinski definition) is 2. The van der Waals surface area contributed by atoms with E-state index in [0.717, 1.165) is 6.42 Å². The third-order valence-corrected chi connectivity index (χ3v) is 6.14. The molecule has 1 aromatic rings. The molecule has 1 nitrogen and oxygen atoms in total. The number of thioether (sulfide) groups is 1. The van der Waals surface area contributed by atoms with Gasteiger partial charge in [0.2, 0.25) is 0 Å². The molecule has 0 aliphatic carbocycles. The Balaban J connectivity index is 2.12. The van der Waals surface area contributed by atoms with Gasteiger partial charge in [-0.1, -0.05) is 29.3 Å². The molecular formula is C14H19Cl2NS. The summed E-state index contributed by atoms with van der Waals surface area (Å²) in [5.41, 5.74) is 1.25. The Bertz CT molecular complexity index is 416. The zero-order valence-corrected chi connectivity index (χ0v) is 13.1. The van der Waals surface area contributed by atoms with Crippen molar-refractivity contribution in [2.45, 2.75) is 37.0 Å². The largest absolute Gasteiger partial charge is 0.315 e. The van der Waals surface area contributed by atoms with Gasteiger partial charge in [0, 0.05) is 10.8 Å². The van der Waals surface area contributed by atoms with Crippen LogP contribution in [0.3, 0.4) is 0 Å². The van der Waals surface area contributed by atoms with E-state index in [1.807, 2.05) is 19.2 Å². The second-order valence-electron chi connectivity index (χ2n) is 5.06. The molecule has 2 rings (SSSR count). The molecule has 2 atom stereocenters. The van der Waals surface area contributed by atoms with E-state index in [2.05, 4.69) is 30.1 Å². The lowest BCUT2D eigenvalue weighted by molar-refractivity contribution is 0.424. The third-order valence-electron chi connectivity index (χ3n) is 3.76. The molecule has 1 saturated heterocycles. The summed E-state index contributed by atoms with van der Waals surface area (Å²) in [6.07, 6.45) is 3.60. The van der Waals surface area contributed by atoms with Gasteiger partial charge in [0.25, 0.3) is 0 Å². The average Bonchev–Trinajstić information content (AvgIpc) is 2.78. The van der Waals surface area contributed by atoms with Crippen molar-refractivity contribution in [2.75, 3.05) is 12.8 Å². The normalized spacial score (nSPS) is 25.3. The molecule has 1 aliphatic rings. The number of halogens is 2. The molecule has 2 unspecified atom stereocenters. The minimum absolute atomic E-state index is 0.334. The van der Waals surface area contributed by atoms with Crippen molar-refractivity contribution in [1.82, 2.24) is 5.32 Å². The van der Waals surface area contributed by atoms with Crippen molar-refractivity contribution in [3.05, 3.63) is 33.8 Å². The number of rotatable bonds is 4. The van der Waals surface area contributed by atoms with Crippen LogP contribution in [0.2, 0.25) is 10.0 Å². The van der Waals surface area contributed by atoms with Crippen molar-refractivity contribution in [1.29, 1.82) is 0 Å². The molecule has 0 bridgehead atoms. The predicted molar refractivity (Wildman–Crippen MR) is 83.1 cm³/mol. The van der Waals surface area contributed by atoms with E-state index in [1.54, 1.807) is 0 Å². The van der Waals surface area contributed by atoms with Gasteiger partial charge in [-0.25, -0.2) is 0 Å². The molecule has 18 heavy (non-hydrogen) atoms. The number of benzene rings is 1. The first-order valence-corrected chi connectivity index (χ1v) is 8.04. The molecule has 1 N–H and O–H groups in total. The highest BCUT2D eigenvalue weighted by Gasteiger charge is 2.36. The zero-order valence-electron chi connectivity index (χ0n) is 10.8. The lowest BCUT2D eigenvalue weighted by Crippen LogP contribution is -2.45. The Morgan fingerprint density at radius 1 is 1.39 bits per heavy atom. The first-order chi connectivity index (χ1) is 8.55. The van der Waals surface area contributed by atoms with Crippen LogP contribution in [0.25, 0.3) is 0 Å². The number of nitrogens with one attached hydrogen (secondary N) is 1. The fourth-order valence-corrected chi connectivity index (χ4v) is 4.37. The number of hydrogen-bond donors (Lipinski definition) is 1. The molecule has 1 heterocycles. The highest BCUT2D eigenvalue weighted by Crippen LogP contribution is 2.41. The molecule has 0 saturated carbocycles. The second kappa shape index (κ2) is 6.04. The maximum absolute atomic E-state index is 6.08. The molecule has 0 aromatic heterocycles. The summed E-state index contributed by atoms with van der Waals surface area (Å²) in [5, 5.41) is 4.74. The SMILES string of the molecule is CNC(Cc1ccc(Cl)c(Cl)c1)C1(C)CCCS1. The maximum Gasteiger partial charge on any atom is 0.0595 e. The summed E-state index contributed by atoms with van der Waals surface area (Å²) in [4.78, 5) is 0. The van der Waals surface area contributed by atoms with E-state index in [4.69, 9.17) is 23.2 Å². The summed E-state index contributed by atoms with van der Waals surface area (Å²) in [5.74, 6) is 1.27. The molecule has 1 aromatic carbocycles. The highest BCUT2D eigenvalue weighted by atomic mass is 35.5. The summed E-state index contributed by atoms with van der Waals surface area (Å²) in [6.45, 7) is 2.36. The van der Waals surface area contributed by atoms with Crippen LogP contribution < -0.4 is 5.32 Å². The molecule has 0 spiro atoms. The fourth-order valence-electron chi connectivity index (χ4n) is 2.60. The Labute approximate surface area is 124 Å². The maximum atomic E-state index is 6.08. The van der Waals surface area contributed by atoms with Crippen molar-refractivity contribution in [3.63, 3.8) is 0 Å². The van der Waals surface area contributed by atoms with Gasteiger partial charge in [-0.3, -0.25) is 0 Å². The Morgan fingerprint density at radius 2 is 2.17 bits per heavy atom. The first-order valence-electron chi connectivity index (χ1n) is 6.30. The summed E-state index contributed by atoms with van der Waals surface area (Å²) in [6, 6.07) is 6.41. The molecule has 0 amide bonds. The van der Waals surface area contributed by atoms with Gasteiger partial charge in [0.15, 0.2) is 0 Å². The van der Waals surface area contributed by atoms with E-state index in [-0.39, 0.29) is 0 Å². The standard InChI is InChI=1S/C14H19Cl2NS/c1-14(6-3-7-18-14)13(17-2)9-10-4-5-11(15)12(16)8-10/h4-5,8,13,17H,3,6-7,9H2,1-2H3. The van der Waals surface area contributed by atoms with Crippen LogP contribution in [0.15, 0.2) is 18.2 Å². The van der Waals surface area contributed by atoms with E-state index in [9.17, 15) is 0 Å². The Hall–Kier alpha value is 0.110. The summed E-state index contributed by atoms with van der Waals surface area (Å²) >= 11 is 14.1. The molecule has 100 valence electrons. The van der Waals surface area contributed by atoms with Crippen LogP contribution in [0.5, 0.6) is 0 Å². The van der Waals surface area contributed by atoms with Crippen LogP contribution in [-0.2, 0) is 6.42 Å². The summed E-state index contributed by atoms with van der Waals surface area (Å²) < 4.78 is 0.334. The van der Waals surface area contributed by atoms with Crippen molar-refractivity contribution in [2.24, 2.45) is 0 Å². The van der Waals surface area contributed by atoms with Gasteiger partial charge < -0.3 is 5.32 Å². The van der Waals surface area contributed by atoms with Gasteiger partial charge in [-0.15, -0.1) is 0 Å². The fraction of sp³-hybridized carbons (Fsp3) is 0.571. The Kier molecular flexibility index (Phi) is 4.87. The van der Waals surface area contributed by atoms with Gasteiger partial charge in [0.1, 0.15) is 0 Å². The van der Waals surface area contributed by atoms with Crippen LogP contribution in [-0.4, -0.2) is 23.6 Å². The quantitative estimate of drug-likeness (QED) is 0.884. The van der Waals surface area contributed by atoms with Crippen molar-refractivity contribution in [3.8, 4) is 0 Å². The van der Waals surface area contributed by atoms with Gasteiger partial charge in [0.05, 0.1) is 10.0 Å². The van der Waals surface area contributed by atoms with Crippen LogP contribution in [0.4, 0.5) is 0 Å². The molecule has 4 heteroatoms. The van der Waals surface area contributed by atoms with E-state index in [0.29, 0.717) is 20.8 Å². The molecule has 1 aliphatic heterocycles. The van der Waals surface area contributed by atoms with Crippen LogP contribution >= 0.6 is 35.0 Å². The second-order valence-corrected chi connectivity index (χ2v) is 7.50. The number of likely N-dealkylation sites (N-methyl/N-ethyl adjacent to an activating group) is 1. The van der Waals surface area contributed by atoms with E-state index in [1.165, 1.54) is 24.2 Å². The van der Waals surface area contributed by atoms with Gasteiger partial charge >= 0.3 is 0 Å². The first kappa shape index (κ1) is 14.5. The lowest BCUT2D eigenvalue weighted by atomic mass is 9.91. The lowest BCUT2D eigenvalue weighted by Gasteiger charge is -2.33. The predicted octanol–water partition coefficient (Wildman–Crippen LogP) is 4.41. The van der Waals surface area contributed by atoms with Crippen molar-refractivity contribution < 1.29 is 0 Å². The Morgan fingerprint density at radius 3 is 2.72 bits per heavy atom. The van der Waals surface area contributed by atoms with Gasteiger partial charge in [-0.05, 0) is 56.7 Å². The molecular weight excluding hydrogens is 285 g/mol. The van der Waals surface area contributed by atoms with Crippen molar-refractivity contribution >= 4 is 35.0 Å². The van der Waals surface area contributed by atoms with Gasteiger partial charge in [-0.2, -0.15) is 11.8 Å². The highest BCUT2D eigenvalue weighted by molar-refractivity contribution is 8.00. The van der Waals surface area contributed by atoms with Crippen LogP contribution in [0, 0.1) is 0 Å². The average molecular weight is 304 g/mol. The monoisotopic (exact) mass is 303 g/mol. The minimum atomic E-state index is 0.334. The molecule has 1 fully saturated rings. The van der Waals surface area contributed by atoms with E-state index < -0.39 is 0 Å². The van der Waals surface area contributed by atoms with E-state index >= 15 is 0 Å².